The number of fused-ring (bicyclic) bond motifs is 1. The summed E-state index contributed by atoms with van der Waals surface area (Å²) in [7, 11) is 0. The van der Waals surface area contributed by atoms with Crippen LogP contribution in [0.2, 0.25) is 0 Å². The molecule has 2 aromatic carbocycles. The van der Waals surface area contributed by atoms with Gasteiger partial charge in [-0.05, 0) is 24.3 Å². The monoisotopic (exact) mass is 324 g/mol. The second-order valence-electron chi connectivity index (χ2n) is 4.81. The molecule has 1 aromatic heterocycles. The van der Waals surface area contributed by atoms with E-state index in [0.29, 0.717) is 16.7 Å². The zero-order valence-corrected chi connectivity index (χ0v) is 13.3. The maximum absolute atomic E-state index is 12.6. The minimum absolute atomic E-state index is 0.0357. The lowest BCUT2D eigenvalue weighted by Crippen LogP contribution is -2.20. The highest BCUT2D eigenvalue weighted by molar-refractivity contribution is 7.99. The number of para-hydroxylation sites is 3. The van der Waals surface area contributed by atoms with Crippen LogP contribution in [0.25, 0.3) is 11.0 Å². The topological polar surface area (TPSA) is 44.1 Å². The van der Waals surface area contributed by atoms with Crippen LogP contribution in [0.4, 0.5) is 0 Å². The predicted molar refractivity (Wildman–Crippen MR) is 93.2 cm³/mol. The van der Waals surface area contributed by atoms with Crippen LogP contribution in [0.5, 0.6) is 5.75 Å². The number of ether oxygens (including phenoxy) is 1. The molecule has 0 aliphatic heterocycles. The van der Waals surface area contributed by atoms with Crippen molar-refractivity contribution in [3.63, 3.8) is 0 Å². The third-order valence-corrected chi connectivity index (χ3v) is 4.15. The lowest BCUT2D eigenvalue weighted by Gasteiger charge is -2.08. The molecule has 0 radical (unpaired) electrons. The molecule has 0 bridgehead atoms. The summed E-state index contributed by atoms with van der Waals surface area (Å²) in [6.45, 7) is 3.68. The first-order valence-electron chi connectivity index (χ1n) is 7.22. The Morgan fingerprint density at radius 2 is 1.91 bits per heavy atom. The van der Waals surface area contributed by atoms with Crippen molar-refractivity contribution in [2.75, 3.05) is 12.4 Å². The van der Waals surface area contributed by atoms with E-state index in [1.165, 1.54) is 11.8 Å². The summed E-state index contributed by atoms with van der Waals surface area (Å²) in [6.07, 6.45) is 1.79. The van der Waals surface area contributed by atoms with Gasteiger partial charge in [-0.15, -0.1) is 6.58 Å². The third-order valence-electron chi connectivity index (χ3n) is 3.22. The van der Waals surface area contributed by atoms with Gasteiger partial charge in [0.15, 0.2) is 11.8 Å². The highest BCUT2D eigenvalue weighted by Gasteiger charge is 2.17. The molecule has 0 amide bonds. The number of thioether (sulfide) groups is 1. The van der Waals surface area contributed by atoms with Gasteiger partial charge in [0.1, 0.15) is 5.75 Å². The fourth-order valence-corrected chi connectivity index (χ4v) is 2.96. The summed E-state index contributed by atoms with van der Waals surface area (Å²) in [5.41, 5.74) is 1.59. The average Bonchev–Trinajstić information content (AvgIpc) is 2.97. The minimum atomic E-state index is -0.144. The molecular weight excluding hydrogens is 308 g/mol. The van der Waals surface area contributed by atoms with Crippen molar-refractivity contribution in [3.8, 4) is 5.75 Å². The first-order chi connectivity index (χ1) is 11.3. The number of nitrogens with zero attached hydrogens (tertiary/aromatic N) is 2. The van der Waals surface area contributed by atoms with E-state index in [1.807, 2.05) is 54.6 Å². The normalized spacial score (nSPS) is 10.6. The van der Waals surface area contributed by atoms with Gasteiger partial charge in [0.05, 0.1) is 11.0 Å². The molecule has 3 rings (SSSR count). The van der Waals surface area contributed by atoms with Gasteiger partial charge in [0.2, 0.25) is 0 Å². The SMILES string of the molecule is C=CCSc1nc2ccccc2n1C(=O)COc1ccccc1. The van der Waals surface area contributed by atoms with E-state index in [-0.39, 0.29) is 12.5 Å². The average molecular weight is 324 g/mol. The molecule has 3 aromatic rings. The summed E-state index contributed by atoms with van der Waals surface area (Å²) in [5, 5.41) is 0.660. The number of hydrogen-bond donors (Lipinski definition) is 0. The van der Waals surface area contributed by atoms with Crippen LogP contribution in [-0.2, 0) is 0 Å². The molecule has 0 aliphatic rings. The van der Waals surface area contributed by atoms with Gasteiger partial charge in [-0.25, -0.2) is 4.98 Å². The van der Waals surface area contributed by atoms with Crippen LogP contribution in [0.3, 0.4) is 0 Å². The molecule has 0 fully saturated rings. The first kappa shape index (κ1) is 15.4. The van der Waals surface area contributed by atoms with Crippen molar-refractivity contribution < 1.29 is 9.53 Å². The van der Waals surface area contributed by atoms with E-state index < -0.39 is 0 Å². The maximum Gasteiger partial charge on any atom is 0.271 e. The Labute approximate surface area is 138 Å². The first-order valence-corrected chi connectivity index (χ1v) is 8.20. The van der Waals surface area contributed by atoms with Crippen molar-refractivity contribution in [1.82, 2.24) is 9.55 Å². The summed E-state index contributed by atoms with van der Waals surface area (Å²) in [5.74, 6) is 1.22. The lowest BCUT2D eigenvalue weighted by atomic mass is 10.3. The Kier molecular flexibility index (Phi) is 4.78. The maximum atomic E-state index is 12.6. The molecule has 0 saturated heterocycles. The number of carbonyl (C=O) groups is 1. The van der Waals surface area contributed by atoms with Crippen LogP contribution in [0, 0.1) is 0 Å². The molecule has 4 nitrogen and oxygen atoms in total. The quantitative estimate of drug-likeness (QED) is 0.507. The summed E-state index contributed by atoms with van der Waals surface area (Å²) in [4.78, 5) is 17.2. The van der Waals surface area contributed by atoms with E-state index in [0.717, 1.165) is 11.0 Å². The van der Waals surface area contributed by atoms with E-state index in [4.69, 9.17) is 4.74 Å². The van der Waals surface area contributed by atoms with E-state index in [1.54, 1.807) is 10.6 Å². The minimum Gasteiger partial charge on any atom is -0.484 e. The fourth-order valence-electron chi connectivity index (χ4n) is 2.20. The smallest absolute Gasteiger partial charge is 0.271 e. The second-order valence-corrected chi connectivity index (χ2v) is 5.80. The summed E-state index contributed by atoms with van der Waals surface area (Å²) < 4.78 is 7.19. The number of carbonyl (C=O) groups excluding carboxylic acids is 1. The van der Waals surface area contributed by atoms with Gasteiger partial charge in [-0.2, -0.15) is 0 Å². The number of hydrogen-bond acceptors (Lipinski definition) is 4. The fraction of sp³-hybridized carbons (Fsp3) is 0.111. The zero-order valence-electron chi connectivity index (χ0n) is 12.5. The molecule has 0 aliphatic carbocycles. The molecule has 0 spiro atoms. The van der Waals surface area contributed by atoms with Crippen LogP contribution >= 0.6 is 11.8 Å². The Morgan fingerprint density at radius 1 is 1.17 bits per heavy atom. The van der Waals surface area contributed by atoms with Gasteiger partial charge >= 0.3 is 0 Å². The van der Waals surface area contributed by atoms with Crippen molar-refractivity contribution in [2.45, 2.75) is 5.16 Å². The molecular formula is C18H16N2O2S. The van der Waals surface area contributed by atoms with Crippen molar-refractivity contribution in [3.05, 3.63) is 67.3 Å². The van der Waals surface area contributed by atoms with Gasteiger partial charge in [0, 0.05) is 5.75 Å². The molecule has 0 saturated carbocycles. The molecule has 0 atom stereocenters. The molecule has 116 valence electrons. The summed E-state index contributed by atoms with van der Waals surface area (Å²) >= 11 is 1.48. The van der Waals surface area contributed by atoms with Crippen molar-refractivity contribution in [1.29, 1.82) is 0 Å². The largest absolute Gasteiger partial charge is 0.484 e. The molecule has 0 N–H and O–H groups in total. The van der Waals surface area contributed by atoms with Gasteiger partial charge in [-0.1, -0.05) is 48.2 Å². The van der Waals surface area contributed by atoms with Gasteiger partial charge < -0.3 is 4.74 Å². The highest BCUT2D eigenvalue weighted by atomic mass is 32.2. The van der Waals surface area contributed by atoms with E-state index >= 15 is 0 Å². The number of benzene rings is 2. The molecule has 1 heterocycles. The van der Waals surface area contributed by atoms with Gasteiger partial charge in [-0.3, -0.25) is 9.36 Å². The van der Waals surface area contributed by atoms with Crippen molar-refractivity contribution in [2.24, 2.45) is 0 Å². The second kappa shape index (κ2) is 7.15. The zero-order chi connectivity index (χ0) is 16.1. The standard InChI is InChI=1S/C18H16N2O2S/c1-2-12-23-18-19-15-10-6-7-11-16(15)20(18)17(21)13-22-14-8-4-3-5-9-14/h2-11H,1,12-13H2. The molecule has 23 heavy (non-hydrogen) atoms. The highest BCUT2D eigenvalue weighted by Crippen LogP contribution is 2.24. The Bertz CT molecular complexity index is 827. The number of imidazole rings is 1. The Balaban J connectivity index is 1.87. The van der Waals surface area contributed by atoms with Crippen LogP contribution < -0.4 is 4.74 Å². The van der Waals surface area contributed by atoms with Crippen LogP contribution in [0.15, 0.2) is 72.4 Å². The van der Waals surface area contributed by atoms with E-state index in [9.17, 15) is 4.79 Å². The van der Waals surface area contributed by atoms with Crippen LogP contribution in [-0.4, -0.2) is 27.8 Å². The molecule has 5 heteroatoms. The van der Waals surface area contributed by atoms with Gasteiger partial charge in [0.25, 0.3) is 5.91 Å². The third kappa shape index (κ3) is 3.46. The number of rotatable bonds is 6. The lowest BCUT2D eigenvalue weighted by molar-refractivity contribution is 0.0832. The van der Waals surface area contributed by atoms with Crippen LogP contribution in [0.1, 0.15) is 4.79 Å². The predicted octanol–water partition coefficient (Wildman–Crippen LogP) is 4.03. The molecule has 0 unspecified atom stereocenters. The Hall–Kier alpha value is -2.53. The number of aromatic nitrogens is 2. The summed E-state index contributed by atoms with van der Waals surface area (Å²) in [6, 6.07) is 16.9. The van der Waals surface area contributed by atoms with Crippen molar-refractivity contribution >= 4 is 28.7 Å². The Morgan fingerprint density at radius 3 is 2.70 bits per heavy atom. The van der Waals surface area contributed by atoms with E-state index in [2.05, 4.69) is 11.6 Å².